The van der Waals surface area contributed by atoms with Gasteiger partial charge in [-0.2, -0.15) is 13.2 Å². The second-order valence-corrected chi connectivity index (χ2v) is 5.91. The molecule has 5 N–H and O–H groups in total. The minimum Gasteiger partial charge on any atom is -0.370 e. The van der Waals surface area contributed by atoms with E-state index < -0.39 is 17.6 Å². The molecular formula is C13H20F3N7O2S. The largest absolute Gasteiger partial charge is 0.408 e. The van der Waals surface area contributed by atoms with E-state index in [0.717, 1.165) is 24.7 Å². The van der Waals surface area contributed by atoms with E-state index in [1.165, 1.54) is 11.3 Å². The number of thiazole rings is 1. The minimum atomic E-state index is -4.41. The maximum absolute atomic E-state index is 12.0. The number of guanidine groups is 1. The zero-order chi connectivity index (χ0) is 19.6. The molecule has 0 fully saturated rings. The van der Waals surface area contributed by atoms with Gasteiger partial charge < -0.3 is 21.7 Å². The van der Waals surface area contributed by atoms with Gasteiger partial charge in [0.1, 0.15) is 6.54 Å². The van der Waals surface area contributed by atoms with Crippen molar-refractivity contribution in [3.05, 3.63) is 33.2 Å². The van der Waals surface area contributed by atoms with Crippen LogP contribution < -0.4 is 21.7 Å². The van der Waals surface area contributed by atoms with Crippen molar-refractivity contribution >= 4 is 22.4 Å². The molecule has 0 bridgehead atoms. The molecular weight excluding hydrogens is 375 g/mol. The van der Waals surface area contributed by atoms with Gasteiger partial charge in [-0.25, -0.2) is 9.98 Å². The van der Waals surface area contributed by atoms with Crippen molar-refractivity contribution in [3.63, 3.8) is 0 Å². The highest BCUT2D eigenvalue weighted by Gasteiger charge is 2.26. The highest BCUT2D eigenvalue weighted by Crippen LogP contribution is 2.17. The van der Waals surface area contributed by atoms with Crippen LogP contribution in [0, 0.1) is 10.1 Å². The fourth-order valence-corrected chi connectivity index (χ4v) is 2.51. The maximum atomic E-state index is 12.0. The highest BCUT2D eigenvalue weighted by atomic mass is 32.1. The van der Waals surface area contributed by atoms with Gasteiger partial charge in [-0.05, 0) is 19.3 Å². The predicted octanol–water partition coefficient (Wildman–Crippen LogP) is 1.64. The van der Waals surface area contributed by atoms with E-state index in [0.29, 0.717) is 23.9 Å². The summed E-state index contributed by atoms with van der Waals surface area (Å²) in [5.41, 5.74) is 6.15. The van der Waals surface area contributed by atoms with Gasteiger partial charge in [0.2, 0.25) is 0 Å². The number of nitrogens with one attached hydrogen (secondary N) is 3. The van der Waals surface area contributed by atoms with E-state index in [4.69, 9.17) is 5.73 Å². The highest BCUT2D eigenvalue weighted by molar-refractivity contribution is 7.13. The zero-order valence-corrected chi connectivity index (χ0v) is 14.8. The molecule has 1 aromatic heterocycles. The topological polar surface area (TPSA) is 130 Å². The average molecular weight is 395 g/mol. The lowest BCUT2D eigenvalue weighted by Crippen LogP contribution is -2.25. The van der Waals surface area contributed by atoms with E-state index >= 15 is 0 Å². The number of anilines is 1. The number of aromatic nitrogens is 1. The summed E-state index contributed by atoms with van der Waals surface area (Å²) < 4.78 is 36.1. The van der Waals surface area contributed by atoms with Crippen LogP contribution in [0.2, 0.25) is 0 Å². The monoisotopic (exact) mass is 395 g/mol. The van der Waals surface area contributed by atoms with Crippen LogP contribution >= 0.6 is 11.3 Å². The Labute approximate surface area is 151 Å². The smallest absolute Gasteiger partial charge is 0.370 e. The van der Waals surface area contributed by atoms with E-state index in [2.05, 4.69) is 25.9 Å². The minimum absolute atomic E-state index is 0.323. The number of unbranched alkanes of at least 4 members (excludes halogenated alkanes) is 1. The number of aliphatic imine (C=N–C) groups is 1. The molecule has 0 aliphatic carbocycles. The molecule has 0 amide bonds. The number of nitrogens with two attached hydrogens (primary N) is 1. The van der Waals surface area contributed by atoms with Gasteiger partial charge in [0.05, 0.1) is 10.6 Å². The average Bonchev–Trinajstić information content (AvgIpc) is 2.97. The molecule has 1 heterocycles. The van der Waals surface area contributed by atoms with Gasteiger partial charge in [0.15, 0.2) is 16.9 Å². The van der Waals surface area contributed by atoms with Gasteiger partial charge in [0, 0.05) is 19.0 Å². The first kappa shape index (κ1) is 21.5. The van der Waals surface area contributed by atoms with Gasteiger partial charge in [-0.1, -0.05) is 0 Å². The summed E-state index contributed by atoms with van der Waals surface area (Å²) in [5.74, 6) is -0.0200. The second-order valence-electron chi connectivity index (χ2n) is 5.05. The first-order valence-corrected chi connectivity index (χ1v) is 8.42. The molecule has 0 saturated carbocycles. The van der Waals surface area contributed by atoms with E-state index in [-0.39, 0.29) is 5.96 Å². The molecule has 0 unspecified atom stereocenters. The van der Waals surface area contributed by atoms with Crippen LogP contribution in [-0.4, -0.2) is 42.2 Å². The molecule has 1 aromatic rings. The first-order valence-electron chi connectivity index (χ1n) is 7.54. The summed E-state index contributed by atoms with van der Waals surface area (Å²) in [7, 11) is 1.58. The third-order valence-corrected chi connectivity index (χ3v) is 3.70. The van der Waals surface area contributed by atoms with Crippen LogP contribution in [0.25, 0.3) is 0 Å². The maximum Gasteiger partial charge on any atom is 0.408 e. The standard InChI is InChI=1S/C13H20F3N7O2S/c1-18-10(6-23(24)25)19-5-3-2-4-9-7-26-12(21-9)22-11(17)20-8-13(14,15)16/h6-7,18-19H,2-5,8H2,1H3,(H3,17,20,21,22)/b10-6+. The fourth-order valence-electron chi connectivity index (χ4n) is 1.76. The summed E-state index contributed by atoms with van der Waals surface area (Å²) >= 11 is 1.22. The third kappa shape index (κ3) is 9.66. The lowest BCUT2D eigenvalue weighted by molar-refractivity contribution is -0.404. The molecule has 0 radical (unpaired) electrons. The summed E-state index contributed by atoms with van der Waals surface area (Å²) in [5, 5.41) is 20.6. The zero-order valence-electron chi connectivity index (χ0n) is 14.0. The van der Waals surface area contributed by atoms with E-state index in [1.54, 1.807) is 12.4 Å². The van der Waals surface area contributed by atoms with Crippen molar-refractivity contribution in [2.75, 3.05) is 25.5 Å². The van der Waals surface area contributed by atoms with E-state index in [1.807, 2.05) is 0 Å². The van der Waals surface area contributed by atoms with Crippen molar-refractivity contribution in [1.29, 1.82) is 0 Å². The second kappa shape index (κ2) is 10.4. The van der Waals surface area contributed by atoms with Gasteiger partial charge >= 0.3 is 6.18 Å². The Morgan fingerprint density at radius 1 is 1.50 bits per heavy atom. The Kier molecular flexibility index (Phi) is 8.61. The van der Waals surface area contributed by atoms with Gasteiger partial charge in [0.25, 0.3) is 6.20 Å². The number of alkyl halides is 3. The summed E-state index contributed by atoms with van der Waals surface area (Å²) in [6.07, 6.45) is -1.36. The van der Waals surface area contributed by atoms with Crippen molar-refractivity contribution in [3.8, 4) is 0 Å². The van der Waals surface area contributed by atoms with Crippen LogP contribution in [0.15, 0.2) is 22.4 Å². The number of nitro groups is 1. The lowest BCUT2D eigenvalue weighted by atomic mass is 10.2. The molecule has 0 aromatic carbocycles. The quantitative estimate of drug-likeness (QED) is 0.156. The molecule has 146 valence electrons. The molecule has 0 aliphatic heterocycles. The lowest BCUT2D eigenvalue weighted by Gasteiger charge is -2.07. The summed E-state index contributed by atoms with van der Waals surface area (Å²) in [6.45, 7) is -0.802. The Hall–Kier alpha value is -2.57. The Morgan fingerprint density at radius 2 is 2.23 bits per heavy atom. The van der Waals surface area contributed by atoms with Gasteiger partial charge in [-0.15, -0.1) is 11.3 Å². The summed E-state index contributed by atoms with van der Waals surface area (Å²) in [4.78, 5) is 17.2. The summed E-state index contributed by atoms with van der Waals surface area (Å²) in [6, 6.07) is 0. The predicted molar refractivity (Wildman–Crippen MR) is 93.4 cm³/mol. The molecule has 1 rings (SSSR count). The van der Waals surface area contributed by atoms with Crippen molar-refractivity contribution < 1.29 is 18.1 Å². The molecule has 0 atom stereocenters. The van der Waals surface area contributed by atoms with Gasteiger partial charge in [-0.3, -0.25) is 10.1 Å². The van der Waals surface area contributed by atoms with Crippen LogP contribution in [-0.2, 0) is 6.42 Å². The van der Waals surface area contributed by atoms with Crippen molar-refractivity contribution in [2.24, 2.45) is 10.7 Å². The normalized spacial score (nSPS) is 12.8. The fraction of sp³-hybridized carbons (Fsp3) is 0.538. The van der Waals surface area contributed by atoms with Crippen molar-refractivity contribution in [2.45, 2.75) is 25.4 Å². The Balaban J connectivity index is 2.33. The van der Waals surface area contributed by atoms with Crippen LogP contribution in [0.1, 0.15) is 18.5 Å². The molecule has 0 saturated heterocycles. The SMILES string of the molecule is CN/C(=C\[N+](=O)[O-])NCCCCc1csc(N/C(N)=N\CC(F)(F)F)n1. The molecule has 13 heteroatoms. The van der Waals surface area contributed by atoms with Crippen molar-refractivity contribution in [1.82, 2.24) is 15.6 Å². The number of hydrogen-bond donors (Lipinski definition) is 4. The Bertz CT molecular complexity index is 646. The molecule has 0 aliphatic rings. The third-order valence-electron chi connectivity index (χ3n) is 2.89. The Morgan fingerprint density at radius 3 is 2.85 bits per heavy atom. The number of hydrogen-bond acceptors (Lipinski definition) is 7. The molecule has 0 spiro atoms. The molecule has 9 nitrogen and oxygen atoms in total. The number of nitrogens with zero attached hydrogens (tertiary/aromatic N) is 3. The number of rotatable bonds is 10. The van der Waals surface area contributed by atoms with Crippen LogP contribution in [0.4, 0.5) is 18.3 Å². The first-order chi connectivity index (χ1) is 12.2. The number of halogens is 3. The van der Waals surface area contributed by atoms with Crippen LogP contribution in [0.5, 0.6) is 0 Å². The molecule has 26 heavy (non-hydrogen) atoms. The van der Waals surface area contributed by atoms with Crippen LogP contribution in [0.3, 0.4) is 0 Å². The number of aryl methyl sites for hydroxylation is 1. The van der Waals surface area contributed by atoms with E-state index in [9.17, 15) is 23.3 Å².